The highest BCUT2D eigenvalue weighted by atomic mass is 19.1. The van der Waals surface area contributed by atoms with Gasteiger partial charge < -0.3 is 19.5 Å². The topological polar surface area (TPSA) is 58.9 Å². The van der Waals surface area contributed by atoms with Crippen molar-refractivity contribution in [3.05, 3.63) is 29.6 Å². The summed E-state index contributed by atoms with van der Waals surface area (Å²) in [5, 5.41) is 18.3. The van der Waals surface area contributed by atoms with Crippen molar-refractivity contribution >= 4 is 12.6 Å². The molecule has 98 valence electrons. The van der Waals surface area contributed by atoms with E-state index in [1.165, 1.54) is 12.1 Å². The van der Waals surface area contributed by atoms with Crippen molar-refractivity contribution in [1.82, 2.24) is 0 Å². The zero-order valence-electron chi connectivity index (χ0n) is 10.0. The molecule has 1 aromatic rings. The van der Waals surface area contributed by atoms with E-state index in [0.29, 0.717) is 24.7 Å². The molecule has 0 aromatic heterocycles. The van der Waals surface area contributed by atoms with Crippen LogP contribution in [0.5, 0.6) is 0 Å². The Balaban J connectivity index is 1.91. The van der Waals surface area contributed by atoms with Gasteiger partial charge in [0.1, 0.15) is 5.82 Å². The van der Waals surface area contributed by atoms with Gasteiger partial charge in [-0.15, -0.1) is 0 Å². The number of hydrogen-bond acceptors (Lipinski definition) is 4. The molecule has 0 saturated carbocycles. The molecule has 1 aliphatic heterocycles. The third-order valence-electron chi connectivity index (χ3n) is 3.02. The largest absolute Gasteiger partial charge is 0.488 e. The number of ether oxygens (including phenoxy) is 2. The highest BCUT2D eigenvalue weighted by Gasteiger charge is 2.18. The third kappa shape index (κ3) is 3.52. The molecule has 6 heteroatoms. The van der Waals surface area contributed by atoms with Crippen LogP contribution in [0.4, 0.5) is 4.39 Å². The van der Waals surface area contributed by atoms with E-state index in [1.54, 1.807) is 0 Å². The van der Waals surface area contributed by atoms with E-state index in [4.69, 9.17) is 19.5 Å². The second-order valence-electron chi connectivity index (χ2n) is 4.46. The summed E-state index contributed by atoms with van der Waals surface area (Å²) in [6, 6.07) is 3.90. The Morgan fingerprint density at radius 2 is 2.28 bits per heavy atom. The zero-order valence-corrected chi connectivity index (χ0v) is 10.0. The predicted molar refractivity (Wildman–Crippen MR) is 64.8 cm³/mol. The Hall–Kier alpha value is -0.945. The lowest BCUT2D eigenvalue weighted by Gasteiger charge is -2.12. The van der Waals surface area contributed by atoms with E-state index >= 15 is 0 Å². The van der Waals surface area contributed by atoms with Gasteiger partial charge in [0.05, 0.1) is 19.8 Å². The Morgan fingerprint density at radius 3 is 2.94 bits per heavy atom. The molecule has 1 heterocycles. The molecular weight excluding hydrogens is 238 g/mol. The van der Waals surface area contributed by atoms with E-state index in [0.717, 1.165) is 19.1 Å². The molecule has 1 unspecified atom stereocenters. The average molecular weight is 254 g/mol. The summed E-state index contributed by atoms with van der Waals surface area (Å²) in [5.41, 5.74) is 0.739. The van der Waals surface area contributed by atoms with Crippen molar-refractivity contribution in [2.45, 2.75) is 13.0 Å². The van der Waals surface area contributed by atoms with Gasteiger partial charge in [-0.05, 0) is 29.6 Å². The normalized spacial score (nSPS) is 19.2. The van der Waals surface area contributed by atoms with Crippen molar-refractivity contribution in [3.8, 4) is 0 Å². The van der Waals surface area contributed by atoms with Gasteiger partial charge in [0.25, 0.3) is 0 Å². The molecule has 0 radical (unpaired) electrons. The summed E-state index contributed by atoms with van der Waals surface area (Å²) in [6.45, 7) is 2.28. The molecule has 4 nitrogen and oxygen atoms in total. The first-order valence-electron chi connectivity index (χ1n) is 5.97. The summed E-state index contributed by atoms with van der Waals surface area (Å²) in [5.74, 6) is -0.0982. The molecule has 1 aromatic carbocycles. The molecule has 1 atom stereocenters. The maximum Gasteiger partial charge on any atom is 0.488 e. The van der Waals surface area contributed by atoms with Gasteiger partial charge in [0.2, 0.25) is 0 Å². The minimum Gasteiger partial charge on any atom is -0.423 e. The molecule has 18 heavy (non-hydrogen) atoms. The highest BCUT2D eigenvalue weighted by Crippen LogP contribution is 2.13. The number of rotatable bonds is 5. The SMILES string of the molecule is OB(O)c1cc(F)ccc1COCC1CCOC1. The molecule has 1 aliphatic rings. The van der Waals surface area contributed by atoms with Crippen molar-refractivity contribution in [1.29, 1.82) is 0 Å². The average Bonchev–Trinajstić information content (AvgIpc) is 2.84. The summed E-state index contributed by atoms with van der Waals surface area (Å²) in [7, 11) is -1.69. The van der Waals surface area contributed by atoms with Crippen LogP contribution in [0.25, 0.3) is 0 Å². The van der Waals surface area contributed by atoms with Crippen LogP contribution in [0.2, 0.25) is 0 Å². The Bertz CT molecular complexity index is 394. The summed E-state index contributed by atoms with van der Waals surface area (Å²) >= 11 is 0. The van der Waals surface area contributed by atoms with Crippen LogP contribution in [0.15, 0.2) is 18.2 Å². The van der Waals surface area contributed by atoms with Gasteiger partial charge in [-0.25, -0.2) is 4.39 Å². The van der Waals surface area contributed by atoms with Gasteiger partial charge >= 0.3 is 7.12 Å². The zero-order chi connectivity index (χ0) is 13.0. The summed E-state index contributed by atoms with van der Waals surface area (Å²) in [4.78, 5) is 0. The van der Waals surface area contributed by atoms with Crippen molar-refractivity contribution in [3.63, 3.8) is 0 Å². The molecule has 1 fully saturated rings. The molecule has 0 aliphatic carbocycles. The molecular formula is C12H16BFO4. The van der Waals surface area contributed by atoms with Crippen molar-refractivity contribution < 1.29 is 23.9 Å². The second kappa shape index (κ2) is 6.29. The van der Waals surface area contributed by atoms with Crippen molar-refractivity contribution in [2.24, 2.45) is 5.92 Å². The van der Waals surface area contributed by atoms with Crippen LogP contribution in [-0.4, -0.2) is 37.0 Å². The van der Waals surface area contributed by atoms with E-state index in [-0.39, 0.29) is 12.1 Å². The highest BCUT2D eigenvalue weighted by molar-refractivity contribution is 6.59. The molecule has 2 rings (SSSR count). The maximum atomic E-state index is 13.0. The van der Waals surface area contributed by atoms with Crippen molar-refractivity contribution in [2.75, 3.05) is 19.8 Å². The Kier molecular flexibility index (Phi) is 4.71. The lowest BCUT2D eigenvalue weighted by Crippen LogP contribution is -2.33. The molecule has 0 amide bonds. The Labute approximate surface area is 105 Å². The fraction of sp³-hybridized carbons (Fsp3) is 0.500. The predicted octanol–water partition coefficient (Wildman–Crippen LogP) is 0.0586. The minimum atomic E-state index is -1.69. The minimum absolute atomic E-state index is 0.151. The van der Waals surface area contributed by atoms with E-state index in [1.807, 2.05) is 0 Å². The first kappa shape index (κ1) is 13.5. The van der Waals surface area contributed by atoms with Crippen LogP contribution >= 0.6 is 0 Å². The van der Waals surface area contributed by atoms with E-state index in [2.05, 4.69) is 0 Å². The molecule has 0 bridgehead atoms. The van der Waals surface area contributed by atoms with E-state index < -0.39 is 12.9 Å². The van der Waals surface area contributed by atoms with E-state index in [9.17, 15) is 4.39 Å². The fourth-order valence-electron chi connectivity index (χ4n) is 1.99. The molecule has 0 spiro atoms. The van der Waals surface area contributed by atoms with Crippen LogP contribution in [-0.2, 0) is 16.1 Å². The first-order valence-corrected chi connectivity index (χ1v) is 5.97. The second-order valence-corrected chi connectivity index (χ2v) is 4.46. The number of benzene rings is 1. The van der Waals surface area contributed by atoms with Gasteiger partial charge in [-0.2, -0.15) is 0 Å². The van der Waals surface area contributed by atoms with Gasteiger partial charge in [-0.3, -0.25) is 0 Å². The third-order valence-corrected chi connectivity index (χ3v) is 3.02. The van der Waals surface area contributed by atoms with Crippen LogP contribution in [0, 0.1) is 11.7 Å². The number of hydrogen-bond donors (Lipinski definition) is 2. The van der Waals surface area contributed by atoms with Crippen LogP contribution < -0.4 is 5.46 Å². The summed E-state index contributed by atoms with van der Waals surface area (Å²) < 4.78 is 23.7. The Morgan fingerprint density at radius 1 is 1.44 bits per heavy atom. The molecule has 2 N–H and O–H groups in total. The molecule has 1 saturated heterocycles. The number of halogens is 1. The lowest BCUT2D eigenvalue weighted by molar-refractivity contribution is 0.0794. The van der Waals surface area contributed by atoms with Gasteiger partial charge in [0, 0.05) is 12.5 Å². The smallest absolute Gasteiger partial charge is 0.423 e. The fourth-order valence-corrected chi connectivity index (χ4v) is 1.99. The van der Waals surface area contributed by atoms with Gasteiger partial charge in [0.15, 0.2) is 0 Å². The van der Waals surface area contributed by atoms with Gasteiger partial charge in [-0.1, -0.05) is 6.07 Å². The maximum absolute atomic E-state index is 13.0. The standard InChI is InChI=1S/C12H16BFO4/c14-11-2-1-10(12(5-11)13(15)16)8-18-7-9-3-4-17-6-9/h1-2,5,9,15-16H,3-4,6-8H2. The monoisotopic (exact) mass is 254 g/mol. The lowest BCUT2D eigenvalue weighted by atomic mass is 9.77. The first-order chi connectivity index (χ1) is 8.66. The summed E-state index contributed by atoms with van der Waals surface area (Å²) in [6.07, 6.45) is 0.985. The quantitative estimate of drug-likeness (QED) is 0.729. The van der Waals surface area contributed by atoms with Crippen LogP contribution in [0.3, 0.4) is 0 Å². The van der Waals surface area contributed by atoms with Crippen LogP contribution in [0.1, 0.15) is 12.0 Å².